The van der Waals surface area contributed by atoms with E-state index in [2.05, 4.69) is 31.3 Å². The van der Waals surface area contributed by atoms with Crippen molar-refractivity contribution >= 4 is 5.91 Å². The molecule has 59 heavy (non-hydrogen) atoms. The molecule has 0 aromatic heterocycles. The molecule has 3 unspecified atom stereocenters. The molecule has 4 N–H and O–H groups in total. The fourth-order valence-corrected chi connectivity index (χ4v) is 8.40. The number of carbonyl (C=O) groups excluding carboxylic acids is 1. The Morgan fingerprint density at radius 1 is 0.424 bits per heavy atom. The van der Waals surface area contributed by atoms with Crippen LogP contribution in [0.1, 0.15) is 290 Å². The Labute approximate surface area is 369 Å². The number of allylic oxidation sites excluding steroid dienone is 3. The van der Waals surface area contributed by atoms with Crippen LogP contribution >= 0.6 is 0 Å². The lowest BCUT2D eigenvalue weighted by molar-refractivity contribution is -0.124. The average molecular weight is 832 g/mol. The summed E-state index contributed by atoms with van der Waals surface area (Å²) in [6.07, 6.45) is 62.1. The van der Waals surface area contributed by atoms with Crippen LogP contribution in [0.4, 0.5) is 0 Å². The van der Waals surface area contributed by atoms with Crippen LogP contribution in [0, 0.1) is 0 Å². The van der Waals surface area contributed by atoms with E-state index >= 15 is 0 Å². The van der Waals surface area contributed by atoms with Crippen molar-refractivity contribution in [2.75, 3.05) is 6.61 Å². The van der Waals surface area contributed by atoms with Crippen molar-refractivity contribution in [3.63, 3.8) is 0 Å². The Hall–Kier alpha value is -1.17. The van der Waals surface area contributed by atoms with Gasteiger partial charge in [-0.25, -0.2) is 0 Å². The molecule has 0 fully saturated rings. The number of amides is 1. The highest BCUT2D eigenvalue weighted by molar-refractivity contribution is 5.76. The van der Waals surface area contributed by atoms with Gasteiger partial charge in [0, 0.05) is 0 Å². The van der Waals surface area contributed by atoms with Crippen LogP contribution in [0.5, 0.6) is 0 Å². The largest absolute Gasteiger partial charge is 0.394 e. The smallest absolute Gasteiger partial charge is 0.222 e. The predicted molar refractivity (Wildman–Crippen MR) is 259 cm³/mol. The summed E-state index contributed by atoms with van der Waals surface area (Å²) in [7, 11) is 0. The highest BCUT2D eigenvalue weighted by Crippen LogP contribution is 2.17. The summed E-state index contributed by atoms with van der Waals surface area (Å²) in [5, 5.41) is 33.4. The molecule has 0 spiro atoms. The van der Waals surface area contributed by atoms with E-state index in [0.717, 1.165) is 25.7 Å². The third-order valence-electron chi connectivity index (χ3n) is 12.5. The maximum Gasteiger partial charge on any atom is 0.222 e. The highest BCUT2D eigenvalue weighted by Gasteiger charge is 2.20. The van der Waals surface area contributed by atoms with Gasteiger partial charge < -0.3 is 20.6 Å². The van der Waals surface area contributed by atoms with E-state index in [1.165, 1.54) is 238 Å². The first-order chi connectivity index (χ1) is 29.0. The van der Waals surface area contributed by atoms with Crippen LogP contribution in [-0.4, -0.2) is 46.1 Å². The fraction of sp³-hybridized carbons (Fsp3) is 0.907. The number of carbonyl (C=O) groups is 1. The maximum atomic E-state index is 12.5. The zero-order chi connectivity index (χ0) is 43.0. The molecule has 0 aliphatic heterocycles. The molecule has 0 heterocycles. The van der Waals surface area contributed by atoms with E-state index in [1.54, 1.807) is 6.08 Å². The minimum atomic E-state index is -0.929. The second-order valence-electron chi connectivity index (χ2n) is 18.5. The van der Waals surface area contributed by atoms with E-state index in [9.17, 15) is 20.1 Å². The summed E-state index contributed by atoms with van der Waals surface area (Å²) < 4.78 is 0. The molecule has 350 valence electrons. The molecule has 0 aromatic rings. The first-order valence-electron chi connectivity index (χ1n) is 26.6. The SMILES string of the molecule is CCCCCCCCCCCCCC/C=C\CCCCCCCCCC(O)CC(=O)NC(CO)C(O)/C=C/CCCCCCCCCCCCCCCCCCCCC. The third kappa shape index (κ3) is 46.2. The second kappa shape index (κ2) is 49.5. The molecule has 3 atom stereocenters. The molecule has 5 nitrogen and oxygen atoms in total. The summed E-state index contributed by atoms with van der Waals surface area (Å²) in [5.74, 6) is -0.314. The minimum Gasteiger partial charge on any atom is -0.394 e. The second-order valence-corrected chi connectivity index (χ2v) is 18.5. The summed E-state index contributed by atoms with van der Waals surface area (Å²) >= 11 is 0. The molecule has 0 rings (SSSR count). The van der Waals surface area contributed by atoms with E-state index in [1.807, 2.05) is 6.08 Å². The van der Waals surface area contributed by atoms with Gasteiger partial charge in [0.1, 0.15) is 0 Å². The Balaban J connectivity index is 3.59. The van der Waals surface area contributed by atoms with Crippen LogP contribution in [-0.2, 0) is 4.79 Å². The van der Waals surface area contributed by atoms with Crippen LogP contribution < -0.4 is 5.32 Å². The van der Waals surface area contributed by atoms with Gasteiger partial charge in [-0.2, -0.15) is 0 Å². The standard InChI is InChI=1S/C54H105NO4/c1-3-5-7-9-11-13-15-17-19-21-23-25-26-28-29-31-33-35-37-39-41-43-45-47-51(57)49-54(59)55-52(50-56)53(58)48-46-44-42-40-38-36-34-32-30-27-24-22-20-18-16-14-12-10-8-6-4-2/h28-29,46,48,51-53,56-58H,3-27,30-45,47,49-50H2,1-2H3,(H,55,59)/b29-28-,48-46+. The van der Waals surface area contributed by atoms with Gasteiger partial charge in [0.25, 0.3) is 0 Å². The number of hydrogen-bond donors (Lipinski definition) is 4. The maximum absolute atomic E-state index is 12.5. The Bertz CT molecular complexity index is 874. The van der Waals surface area contributed by atoms with Gasteiger partial charge in [-0.05, 0) is 44.9 Å². The molecule has 0 bridgehead atoms. The van der Waals surface area contributed by atoms with Crippen LogP contribution in [0.15, 0.2) is 24.3 Å². The summed E-state index contributed by atoms with van der Waals surface area (Å²) in [5.41, 5.74) is 0. The van der Waals surface area contributed by atoms with Crippen molar-refractivity contribution in [3.05, 3.63) is 24.3 Å². The van der Waals surface area contributed by atoms with Crippen molar-refractivity contribution in [3.8, 4) is 0 Å². The fourth-order valence-electron chi connectivity index (χ4n) is 8.40. The number of aliphatic hydroxyl groups excluding tert-OH is 3. The lowest BCUT2D eigenvalue weighted by Gasteiger charge is -2.21. The number of rotatable bonds is 49. The summed E-state index contributed by atoms with van der Waals surface area (Å²) in [6, 6.07) is -0.745. The van der Waals surface area contributed by atoms with Gasteiger partial charge in [-0.1, -0.05) is 263 Å². The van der Waals surface area contributed by atoms with Gasteiger partial charge >= 0.3 is 0 Å². The molecule has 5 heteroatoms. The first-order valence-corrected chi connectivity index (χ1v) is 26.6. The lowest BCUT2D eigenvalue weighted by atomic mass is 10.0. The molecule has 0 aromatic carbocycles. The number of unbranched alkanes of at least 4 members (excludes halogenated alkanes) is 38. The van der Waals surface area contributed by atoms with Crippen LogP contribution in [0.2, 0.25) is 0 Å². The summed E-state index contributed by atoms with van der Waals surface area (Å²) in [4.78, 5) is 12.5. The van der Waals surface area contributed by atoms with E-state index in [4.69, 9.17) is 0 Å². The molecule has 0 saturated carbocycles. The average Bonchev–Trinajstić information content (AvgIpc) is 3.23. The van der Waals surface area contributed by atoms with E-state index in [0.29, 0.717) is 6.42 Å². The topological polar surface area (TPSA) is 89.8 Å². The van der Waals surface area contributed by atoms with Crippen molar-refractivity contribution in [1.82, 2.24) is 5.32 Å². The van der Waals surface area contributed by atoms with Gasteiger partial charge in [0.2, 0.25) is 5.91 Å². The molecular formula is C54H105NO4. The number of hydrogen-bond acceptors (Lipinski definition) is 4. The Kier molecular flexibility index (Phi) is 48.5. The molecule has 1 amide bonds. The minimum absolute atomic E-state index is 0.0130. The van der Waals surface area contributed by atoms with Crippen molar-refractivity contribution in [2.24, 2.45) is 0 Å². The Morgan fingerprint density at radius 3 is 1.03 bits per heavy atom. The predicted octanol–water partition coefficient (Wildman–Crippen LogP) is 16.1. The van der Waals surface area contributed by atoms with Crippen molar-refractivity contribution in [2.45, 2.75) is 308 Å². The van der Waals surface area contributed by atoms with Crippen LogP contribution in [0.3, 0.4) is 0 Å². The van der Waals surface area contributed by atoms with E-state index < -0.39 is 18.2 Å². The van der Waals surface area contributed by atoms with E-state index in [-0.39, 0.29) is 18.9 Å². The van der Waals surface area contributed by atoms with Crippen LogP contribution in [0.25, 0.3) is 0 Å². The normalized spacial score (nSPS) is 13.5. The molecule has 0 aliphatic rings. The summed E-state index contributed by atoms with van der Waals surface area (Å²) in [6.45, 7) is 4.25. The van der Waals surface area contributed by atoms with Gasteiger partial charge in [-0.3, -0.25) is 4.79 Å². The molecule has 0 saturated heterocycles. The zero-order valence-electron chi connectivity index (χ0n) is 39.9. The third-order valence-corrected chi connectivity index (χ3v) is 12.5. The number of nitrogens with one attached hydrogen (secondary N) is 1. The zero-order valence-corrected chi connectivity index (χ0v) is 39.9. The van der Waals surface area contributed by atoms with Crippen molar-refractivity contribution in [1.29, 1.82) is 0 Å². The quantitative estimate of drug-likeness (QED) is 0.0363. The van der Waals surface area contributed by atoms with Crippen molar-refractivity contribution < 1.29 is 20.1 Å². The number of aliphatic hydroxyl groups is 3. The first kappa shape index (κ1) is 57.8. The Morgan fingerprint density at radius 2 is 0.712 bits per heavy atom. The molecule has 0 aliphatic carbocycles. The monoisotopic (exact) mass is 832 g/mol. The van der Waals surface area contributed by atoms with Gasteiger partial charge in [0.15, 0.2) is 0 Å². The van der Waals surface area contributed by atoms with Gasteiger partial charge in [0.05, 0.1) is 31.3 Å². The highest BCUT2D eigenvalue weighted by atomic mass is 16.3. The lowest BCUT2D eigenvalue weighted by Crippen LogP contribution is -2.45. The molecule has 0 radical (unpaired) electrons. The molecular weight excluding hydrogens is 727 g/mol. The van der Waals surface area contributed by atoms with Gasteiger partial charge in [-0.15, -0.1) is 0 Å².